The lowest BCUT2D eigenvalue weighted by atomic mass is 10.1. The standard InChI is InChI=1S/C9H13F3N2O2/c1-3-14-8(7(16-2)5-13-14)6(15)4-9(10,11)12/h5-6,15H,3-4H2,1-2H3. The van der Waals surface area contributed by atoms with Crippen molar-refractivity contribution in [1.82, 2.24) is 9.78 Å². The van der Waals surface area contributed by atoms with E-state index in [1.807, 2.05) is 0 Å². The molecule has 0 bridgehead atoms. The van der Waals surface area contributed by atoms with Crippen molar-refractivity contribution in [3.8, 4) is 5.75 Å². The Kier molecular flexibility index (Phi) is 3.79. The van der Waals surface area contributed by atoms with Crippen LogP contribution in [0.5, 0.6) is 5.75 Å². The lowest BCUT2D eigenvalue weighted by molar-refractivity contribution is -0.155. The molecule has 92 valence electrons. The molecular weight excluding hydrogens is 225 g/mol. The van der Waals surface area contributed by atoms with Gasteiger partial charge in [-0.2, -0.15) is 18.3 Å². The highest BCUT2D eigenvalue weighted by molar-refractivity contribution is 5.27. The molecule has 4 nitrogen and oxygen atoms in total. The Balaban J connectivity index is 2.96. The fraction of sp³-hybridized carbons (Fsp3) is 0.667. The summed E-state index contributed by atoms with van der Waals surface area (Å²) in [5.41, 5.74) is 0.0577. The predicted octanol–water partition coefficient (Wildman–Crippen LogP) is 1.90. The van der Waals surface area contributed by atoms with E-state index >= 15 is 0 Å². The molecule has 0 fully saturated rings. The summed E-state index contributed by atoms with van der Waals surface area (Å²) in [5.74, 6) is 0.165. The van der Waals surface area contributed by atoms with E-state index in [4.69, 9.17) is 4.74 Å². The summed E-state index contributed by atoms with van der Waals surface area (Å²) in [6, 6.07) is 0. The Hall–Kier alpha value is -1.24. The largest absolute Gasteiger partial charge is 0.493 e. The van der Waals surface area contributed by atoms with Crippen molar-refractivity contribution < 1.29 is 23.0 Å². The number of alkyl halides is 3. The van der Waals surface area contributed by atoms with E-state index in [0.717, 1.165) is 0 Å². The van der Waals surface area contributed by atoms with Gasteiger partial charge in [-0.3, -0.25) is 4.68 Å². The highest BCUT2D eigenvalue weighted by atomic mass is 19.4. The van der Waals surface area contributed by atoms with Gasteiger partial charge in [-0.1, -0.05) is 0 Å². The van der Waals surface area contributed by atoms with Crippen LogP contribution in [-0.2, 0) is 6.54 Å². The number of halogens is 3. The number of aliphatic hydroxyl groups is 1. The van der Waals surface area contributed by atoms with Crippen molar-refractivity contribution in [1.29, 1.82) is 0 Å². The third kappa shape index (κ3) is 2.88. The SMILES string of the molecule is CCn1ncc(OC)c1C(O)CC(F)(F)F. The van der Waals surface area contributed by atoms with Crippen LogP contribution in [0.2, 0.25) is 0 Å². The van der Waals surface area contributed by atoms with Crippen LogP contribution < -0.4 is 4.74 Å². The minimum absolute atomic E-state index is 0.0577. The maximum atomic E-state index is 12.1. The van der Waals surface area contributed by atoms with Crippen LogP contribution in [-0.4, -0.2) is 28.2 Å². The zero-order chi connectivity index (χ0) is 12.3. The molecule has 0 saturated heterocycles. The van der Waals surface area contributed by atoms with E-state index in [1.54, 1.807) is 6.92 Å². The summed E-state index contributed by atoms with van der Waals surface area (Å²) in [5, 5.41) is 13.3. The van der Waals surface area contributed by atoms with Crippen LogP contribution in [0, 0.1) is 0 Å². The Bertz CT molecular complexity index is 328. The van der Waals surface area contributed by atoms with Crippen LogP contribution in [0.1, 0.15) is 25.1 Å². The Morgan fingerprint density at radius 2 is 2.19 bits per heavy atom. The third-order valence-electron chi connectivity index (χ3n) is 2.10. The first-order chi connectivity index (χ1) is 7.39. The van der Waals surface area contributed by atoms with E-state index < -0.39 is 18.7 Å². The molecule has 16 heavy (non-hydrogen) atoms. The molecule has 1 N–H and O–H groups in total. The average Bonchev–Trinajstić information content (AvgIpc) is 2.57. The molecule has 0 amide bonds. The van der Waals surface area contributed by atoms with Crippen molar-refractivity contribution in [2.75, 3.05) is 7.11 Å². The van der Waals surface area contributed by atoms with Gasteiger partial charge in [0.25, 0.3) is 0 Å². The number of aromatic nitrogens is 2. The highest BCUT2D eigenvalue weighted by Crippen LogP contribution is 2.33. The molecule has 0 aliphatic heterocycles. The summed E-state index contributed by atoms with van der Waals surface area (Å²) in [6.45, 7) is 2.09. The lowest BCUT2D eigenvalue weighted by Gasteiger charge is -2.15. The molecule has 0 spiro atoms. The highest BCUT2D eigenvalue weighted by Gasteiger charge is 2.34. The maximum Gasteiger partial charge on any atom is 0.391 e. The number of ether oxygens (including phenoxy) is 1. The quantitative estimate of drug-likeness (QED) is 0.871. The molecule has 0 saturated carbocycles. The Morgan fingerprint density at radius 3 is 2.62 bits per heavy atom. The van der Waals surface area contributed by atoms with Gasteiger partial charge in [-0.05, 0) is 6.92 Å². The molecule has 0 radical (unpaired) electrons. The van der Waals surface area contributed by atoms with E-state index in [9.17, 15) is 18.3 Å². The van der Waals surface area contributed by atoms with Crippen LogP contribution >= 0.6 is 0 Å². The molecule has 0 aromatic carbocycles. The van der Waals surface area contributed by atoms with Crippen molar-refractivity contribution in [2.45, 2.75) is 32.2 Å². The molecular formula is C9H13F3N2O2. The Morgan fingerprint density at radius 1 is 1.56 bits per heavy atom. The van der Waals surface area contributed by atoms with Crippen molar-refractivity contribution >= 4 is 0 Å². The van der Waals surface area contributed by atoms with Gasteiger partial charge in [-0.15, -0.1) is 0 Å². The third-order valence-corrected chi connectivity index (χ3v) is 2.10. The summed E-state index contributed by atoms with van der Waals surface area (Å²) >= 11 is 0. The van der Waals surface area contributed by atoms with Crippen molar-refractivity contribution in [2.24, 2.45) is 0 Å². The van der Waals surface area contributed by atoms with Gasteiger partial charge >= 0.3 is 6.18 Å². The zero-order valence-corrected chi connectivity index (χ0v) is 8.95. The van der Waals surface area contributed by atoms with Crippen molar-refractivity contribution in [3.63, 3.8) is 0 Å². The van der Waals surface area contributed by atoms with Crippen LogP contribution in [0.15, 0.2) is 6.20 Å². The number of aliphatic hydroxyl groups excluding tert-OH is 1. The first-order valence-corrected chi connectivity index (χ1v) is 4.73. The topological polar surface area (TPSA) is 47.3 Å². The fourth-order valence-electron chi connectivity index (χ4n) is 1.44. The molecule has 1 atom stereocenters. The second kappa shape index (κ2) is 4.73. The molecule has 0 aliphatic carbocycles. The second-order valence-corrected chi connectivity index (χ2v) is 3.25. The molecule has 1 aromatic rings. The minimum atomic E-state index is -4.42. The predicted molar refractivity (Wildman–Crippen MR) is 50.1 cm³/mol. The van der Waals surface area contributed by atoms with Crippen LogP contribution in [0.25, 0.3) is 0 Å². The van der Waals surface area contributed by atoms with Crippen LogP contribution in [0.4, 0.5) is 13.2 Å². The number of hydrogen-bond acceptors (Lipinski definition) is 3. The van der Waals surface area contributed by atoms with Gasteiger partial charge in [0, 0.05) is 6.54 Å². The molecule has 1 aromatic heterocycles. The monoisotopic (exact) mass is 238 g/mol. The second-order valence-electron chi connectivity index (χ2n) is 3.25. The number of methoxy groups -OCH3 is 1. The van der Waals surface area contributed by atoms with Gasteiger partial charge in [0.05, 0.1) is 19.7 Å². The van der Waals surface area contributed by atoms with Crippen molar-refractivity contribution in [3.05, 3.63) is 11.9 Å². The molecule has 0 aliphatic rings. The summed E-state index contributed by atoms with van der Waals surface area (Å²) in [7, 11) is 1.32. The van der Waals surface area contributed by atoms with Crippen LogP contribution in [0.3, 0.4) is 0 Å². The maximum absolute atomic E-state index is 12.1. The molecule has 7 heteroatoms. The summed E-state index contributed by atoms with van der Waals surface area (Å²) in [6.07, 6.45) is -6.10. The number of nitrogens with zero attached hydrogens (tertiary/aromatic N) is 2. The normalized spacial score (nSPS) is 13.9. The first kappa shape index (κ1) is 12.8. The van der Waals surface area contributed by atoms with Gasteiger partial charge in [-0.25, -0.2) is 0 Å². The molecule has 1 unspecified atom stereocenters. The van der Waals surface area contributed by atoms with Gasteiger partial charge in [0.15, 0.2) is 5.75 Å². The van der Waals surface area contributed by atoms with Gasteiger partial charge in [0.1, 0.15) is 11.8 Å². The van der Waals surface area contributed by atoms with E-state index in [2.05, 4.69) is 5.10 Å². The average molecular weight is 238 g/mol. The molecule has 1 rings (SSSR count). The number of hydrogen-bond donors (Lipinski definition) is 1. The summed E-state index contributed by atoms with van der Waals surface area (Å²) < 4.78 is 42.6. The lowest BCUT2D eigenvalue weighted by Crippen LogP contribution is -2.17. The number of rotatable bonds is 4. The van der Waals surface area contributed by atoms with E-state index in [0.29, 0.717) is 6.54 Å². The number of aryl methyl sites for hydroxylation is 1. The van der Waals surface area contributed by atoms with E-state index in [-0.39, 0.29) is 11.4 Å². The molecule has 1 heterocycles. The van der Waals surface area contributed by atoms with Gasteiger partial charge in [0.2, 0.25) is 0 Å². The first-order valence-electron chi connectivity index (χ1n) is 4.73. The van der Waals surface area contributed by atoms with E-state index in [1.165, 1.54) is 18.0 Å². The van der Waals surface area contributed by atoms with Gasteiger partial charge < -0.3 is 9.84 Å². The minimum Gasteiger partial charge on any atom is -0.493 e. The Labute approximate surface area is 90.6 Å². The smallest absolute Gasteiger partial charge is 0.391 e. The fourth-order valence-corrected chi connectivity index (χ4v) is 1.44. The zero-order valence-electron chi connectivity index (χ0n) is 8.95. The summed E-state index contributed by atoms with van der Waals surface area (Å²) in [4.78, 5) is 0.